The third kappa shape index (κ3) is 4.29. The molecule has 2 heterocycles. The van der Waals surface area contributed by atoms with Crippen LogP contribution >= 0.6 is 0 Å². The summed E-state index contributed by atoms with van der Waals surface area (Å²) in [6, 6.07) is 10.0. The monoisotopic (exact) mass is 432 g/mol. The van der Waals surface area contributed by atoms with E-state index in [0.29, 0.717) is 11.4 Å². The normalized spacial score (nSPS) is 16.1. The van der Waals surface area contributed by atoms with Gasteiger partial charge in [-0.25, -0.2) is 4.39 Å². The Labute approximate surface area is 173 Å². The second-order valence-electron chi connectivity index (χ2n) is 6.85. The van der Waals surface area contributed by atoms with E-state index in [4.69, 9.17) is 0 Å². The highest BCUT2D eigenvalue weighted by Gasteiger charge is 2.31. The molecule has 1 unspecified atom stereocenters. The number of nitrogens with zero attached hydrogens (tertiary/aromatic N) is 1. The number of rotatable bonds is 4. The average molecular weight is 432 g/mol. The molecule has 0 bridgehead atoms. The third-order valence-corrected chi connectivity index (χ3v) is 4.77. The molecule has 0 aliphatic carbocycles. The predicted octanol–water partition coefficient (Wildman–Crippen LogP) is 3.87. The first-order valence-corrected chi connectivity index (χ1v) is 9.16. The van der Waals surface area contributed by atoms with Crippen LogP contribution in [0.15, 0.2) is 60.8 Å². The van der Waals surface area contributed by atoms with Crippen LogP contribution < -0.4 is 16.0 Å². The van der Waals surface area contributed by atoms with Crippen molar-refractivity contribution in [2.45, 2.75) is 18.6 Å². The number of aliphatic hydroxyl groups is 1. The molecule has 31 heavy (non-hydrogen) atoms. The molecule has 4 rings (SSSR count). The van der Waals surface area contributed by atoms with Crippen LogP contribution in [0.25, 0.3) is 0 Å². The van der Waals surface area contributed by atoms with E-state index in [0.717, 1.165) is 18.2 Å². The lowest BCUT2D eigenvalue weighted by Gasteiger charge is -2.20. The molecule has 1 amide bonds. The van der Waals surface area contributed by atoms with E-state index in [1.54, 1.807) is 6.07 Å². The molecular formula is C21H16F4N4O2. The van der Waals surface area contributed by atoms with Gasteiger partial charge in [0.15, 0.2) is 0 Å². The summed E-state index contributed by atoms with van der Waals surface area (Å²) in [7, 11) is 0. The lowest BCUT2D eigenvalue weighted by Crippen LogP contribution is -2.30. The summed E-state index contributed by atoms with van der Waals surface area (Å²) in [6.45, 7) is 0. The van der Waals surface area contributed by atoms with E-state index in [1.165, 1.54) is 36.5 Å². The SMILES string of the molecule is O=C(N[C@@H](c1ccc(C(F)(F)F)cc1)c1ncccc1F)c1ccc2c(c1)NC(O)N2. The molecule has 0 spiro atoms. The summed E-state index contributed by atoms with van der Waals surface area (Å²) >= 11 is 0. The summed E-state index contributed by atoms with van der Waals surface area (Å²) in [5.41, 5.74) is 0.533. The molecule has 1 aliphatic heterocycles. The molecule has 2 aromatic carbocycles. The second-order valence-corrected chi connectivity index (χ2v) is 6.85. The maximum Gasteiger partial charge on any atom is 0.416 e. The van der Waals surface area contributed by atoms with Crippen LogP contribution in [0.2, 0.25) is 0 Å². The largest absolute Gasteiger partial charge is 0.416 e. The van der Waals surface area contributed by atoms with Crippen molar-refractivity contribution in [1.82, 2.24) is 10.3 Å². The minimum absolute atomic E-state index is 0.132. The second kappa shape index (κ2) is 7.88. The van der Waals surface area contributed by atoms with Crippen molar-refractivity contribution in [3.8, 4) is 0 Å². The van der Waals surface area contributed by atoms with Crippen LogP contribution in [-0.2, 0) is 6.18 Å². The van der Waals surface area contributed by atoms with Gasteiger partial charge < -0.3 is 21.1 Å². The molecule has 3 aromatic rings. The minimum Gasteiger partial charge on any atom is -0.357 e. The number of anilines is 2. The smallest absolute Gasteiger partial charge is 0.357 e. The minimum atomic E-state index is -4.52. The van der Waals surface area contributed by atoms with Crippen molar-refractivity contribution < 1.29 is 27.5 Å². The molecule has 4 N–H and O–H groups in total. The fourth-order valence-electron chi connectivity index (χ4n) is 3.26. The fourth-order valence-corrected chi connectivity index (χ4v) is 3.26. The van der Waals surface area contributed by atoms with E-state index >= 15 is 0 Å². The Morgan fingerprint density at radius 1 is 1.06 bits per heavy atom. The van der Waals surface area contributed by atoms with Crippen molar-refractivity contribution in [2.75, 3.05) is 10.6 Å². The number of carbonyl (C=O) groups excluding carboxylic acids is 1. The Bertz CT molecular complexity index is 1120. The molecule has 1 aromatic heterocycles. The quantitative estimate of drug-likeness (QED) is 0.471. The molecule has 10 heteroatoms. The maximum absolute atomic E-state index is 14.4. The zero-order valence-electron chi connectivity index (χ0n) is 15.7. The van der Waals surface area contributed by atoms with E-state index in [9.17, 15) is 27.5 Å². The topological polar surface area (TPSA) is 86.3 Å². The van der Waals surface area contributed by atoms with E-state index in [2.05, 4.69) is 20.9 Å². The molecule has 0 radical (unpaired) electrons. The van der Waals surface area contributed by atoms with Crippen LogP contribution in [-0.4, -0.2) is 22.3 Å². The number of aromatic nitrogens is 1. The Kier molecular flexibility index (Phi) is 5.24. The van der Waals surface area contributed by atoms with E-state index < -0.39 is 35.9 Å². The summed E-state index contributed by atoms with van der Waals surface area (Å²) in [5, 5.41) is 17.7. The lowest BCUT2D eigenvalue weighted by molar-refractivity contribution is -0.137. The first-order valence-electron chi connectivity index (χ1n) is 9.16. The van der Waals surface area contributed by atoms with Crippen molar-refractivity contribution >= 4 is 17.3 Å². The fraction of sp³-hybridized carbons (Fsp3) is 0.143. The van der Waals surface area contributed by atoms with Gasteiger partial charge in [-0.3, -0.25) is 9.78 Å². The van der Waals surface area contributed by atoms with Crippen molar-refractivity contribution in [2.24, 2.45) is 0 Å². The zero-order valence-corrected chi connectivity index (χ0v) is 15.7. The first-order chi connectivity index (χ1) is 14.7. The predicted molar refractivity (Wildman–Crippen MR) is 105 cm³/mol. The summed E-state index contributed by atoms with van der Waals surface area (Å²) in [4.78, 5) is 16.8. The Balaban J connectivity index is 1.66. The van der Waals surface area contributed by atoms with Crippen molar-refractivity contribution in [1.29, 1.82) is 0 Å². The number of nitrogens with one attached hydrogen (secondary N) is 3. The molecule has 1 aliphatic rings. The molecule has 2 atom stereocenters. The highest BCUT2D eigenvalue weighted by atomic mass is 19.4. The molecule has 160 valence electrons. The number of amides is 1. The average Bonchev–Trinajstić information content (AvgIpc) is 3.11. The Morgan fingerprint density at radius 3 is 2.45 bits per heavy atom. The zero-order chi connectivity index (χ0) is 22.2. The van der Waals surface area contributed by atoms with Crippen molar-refractivity contribution in [3.05, 3.63) is 89.0 Å². The number of alkyl halides is 3. The lowest BCUT2D eigenvalue weighted by atomic mass is 10.00. The summed E-state index contributed by atoms with van der Waals surface area (Å²) in [6.07, 6.45) is -4.19. The molecule has 0 fully saturated rings. The number of halogens is 4. The Hall–Kier alpha value is -3.66. The molecule has 0 saturated heterocycles. The number of fused-ring (bicyclic) bond motifs is 1. The van der Waals surface area contributed by atoms with Gasteiger partial charge in [0.1, 0.15) is 11.5 Å². The van der Waals surface area contributed by atoms with Gasteiger partial charge in [0.25, 0.3) is 5.91 Å². The van der Waals surface area contributed by atoms with Gasteiger partial charge in [0, 0.05) is 11.8 Å². The number of benzene rings is 2. The van der Waals surface area contributed by atoms with Gasteiger partial charge >= 0.3 is 6.18 Å². The van der Waals surface area contributed by atoms with Crippen molar-refractivity contribution in [3.63, 3.8) is 0 Å². The van der Waals surface area contributed by atoms with Crippen LogP contribution in [0, 0.1) is 5.82 Å². The first kappa shape index (κ1) is 20.6. The van der Waals surface area contributed by atoms with E-state index in [-0.39, 0.29) is 16.8 Å². The number of carbonyl (C=O) groups is 1. The van der Waals surface area contributed by atoms with E-state index in [1.807, 2.05) is 0 Å². The van der Waals surface area contributed by atoms with Gasteiger partial charge in [-0.1, -0.05) is 12.1 Å². The molecule has 0 saturated carbocycles. The van der Waals surface area contributed by atoms with Crippen LogP contribution in [0.1, 0.15) is 33.2 Å². The summed E-state index contributed by atoms with van der Waals surface area (Å²) in [5.74, 6) is -1.31. The van der Waals surface area contributed by atoms with Crippen LogP contribution in [0.5, 0.6) is 0 Å². The highest BCUT2D eigenvalue weighted by Crippen LogP contribution is 2.32. The van der Waals surface area contributed by atoms with Gasteiger partial charge in [-0.15, -0.1) is 0 Å². The maximum atomic E-state index is 14.4. The van der Waals surface area contributed by atoms with Gasteiger partial charge in [-0.2, -0.15) is 13.2 Å². The number of pyridine rings is 1. The van der Waals surface area contributed by atoms with Crippen LogP contribution in [0.3, 0.4) is 0 Å². The third-order valence-electron chi connectivity index (χ3n) is 4.77. The molecule has 6 nitrogen and oxygen atoms in total. The standard InChI is InChI=1S/C21H16F4N4O2/c22-14-2-1-9-26-18(14)17(11-3-6-13(7-4-11)21(23,24)25)29-19(30)12-5-8-15-16(10-12)28-20(31)27-15/h1-10,17,20,27-28,31H,(H,29,30)/t17-,20?/m0/s1. The van der Waals surface area contributed by atoms with Crippen LogP contribution in [0.4, 0.5) is 28.9 Å². The highest BCUT2D eigenvalue weighted by molar-refractivity contribution is 5.97. The van der Waals surface area contributed by atoms with Gasteiger partial charge in [0.05, 0.1) is 23.0 Å². The number of hydrogen-bond acceptors (Lipinski definition) is 5. The summed E-state index contributed by atoms with van der Waals surface area (Å²) < 4.78 is 53.1. The Morgan fingerprint density at radius 2 is 1.77 bits per heavy atom. The molecular weight excluding hydrogens is 416 g/mol. The van der Waals surface area contributed by atoms with Gasteiger partial charge in [-0.05, 0) is 48.0 Å². The number of hydrogen-bond donors (Lipinski definition) is 4. The number of aliphatic hydroxyl groups excluding tert-OH is 1. The van der Waals surface area contributed by atoms with Gasteiger partial charge in [0.2, 0.25) is 6.35 Å².